The Labute approximate surface area is 95.8 Å². The van der Waals surface area contributed by atoms with E-state index in [1.807, 2.05) is 13.8 Å². The zero-order chi connectivity index (χ0) is 10.8. The zero-order valence-electron chi connectivity index (χ0n) is 8.98. The minimum Gasteiger partial charge on any atom is -0.390 e. The van der Waals surface area contributed by atoms with Gasteiger partial charge in [-0.25, -0.2) is 0 Å². The molecule has 0 amide bonds. The van der Waals surface area contributed by atoms with Gasteiger partial charge in [0.2, 0.25) is 0 Å². The highest BCUT2D eigenvalue weighted by Crippen LogP contribution is 2.75. The average Bonchev–Trinajstić information content (AvgIpc) is 2.44. The van der Waals surface area contributed by atoms with E-state index >= 15 is 0 Å². The Hall–Kier alpha value is 0.540. The molecule has 3 heteroatoms. The Morgan fingerprint density at radius 3 is 2.36 bits per heavy atom. The fourth-order valence-corrected chi connectivity index (χ4v) is 3.94. The van der Waals surface area contributed by atoms with Crippen molar-refractivity contribution in [3.63, 3.8) is 0 Å². The summed E-state index contributed by atoms with van der Waals surface area (Å²) in [4.78, 5) is 0. The van der Waals surface area contributed by atoms with Crippen LogP contribution in [0, 0.1) is 17.3 Å². The molecule has 0 spiro atoms. The van der Waals surface area contributed by atoms with Gasteiger partial charge in [0.05, 0.1) is 5.60 Å². The second-order valence-electron chi connectivity index (χ2n) is 5.72. The number of fused-ring (bicyclic) bond motifs is 1. The molecule has 0 heterocycles. The Kier molecular flexibility index (Phi) is 2.21. The molecule has 0 radical (unpaired) electrons. The zero-order valence-corrected chi connectivity index (χ0v) is 10.5. The van der Waals surface area contributed by atoms with Gasteiger partial charge in [-0.1, -0.05) is 6.92 Å². The fraction of sp³-hybridized carbons (Fsp3) is 1.00. The van der Waals surface area contributed by atoms with Gasteiger partial charge in [0, 0.05) is 11.3 Å². The van der Waals surface area contributed by atoms with Crippen LogP contribution in [0.2, 0.25) is 0 Å². The van der Waals surface area contributed by atoms with Crippen LogP contribution in [0.5, 0.6) is 0 Å². The van der Waals surface area contributed by atoms with Crippen LogP contribution in [0.15, 0.2) is 0 Å². The Bertz CT molecular complexity index is 257. The lowest BCUT2D eigenvalue weighted by Crippen LogP contribution is -2.34. The predicted molar refractivity (Wildman–Crippen MR) is 59.7 cm³/mol. The van der Waals surface area contributed by atoms with Crippen molar-refractivity contribution < 1.29 is 5.11 Å². The summed E-state index contributed by atoms with van der Waals surface area (Å²) in [6, 6.07) is 0. The lowest BCUT2D eigenvalue weighted by molar-refractivity contribution is -0.00596. The maximum atomic E-state index is 9.95. The van der Waals surface area contributed by atoms with Crippen molar-refractivity contribution in [1.29, 1.82) is 0 Å². The van der Waals surface area contributed by atoms with E-state index in [-0.39, 0.29) is 5.41 Å². The molecule has 0 aromatic carbocycles. The molecule has 14 heavy (non-hydrogen) atoms. The molecule has 2 aliphatic carbocycles. The highest BCUT2D eigenvalue weighted by Gasteiger charge is 2.74. The van der Waals surface area contributed by atoms with Crippen molar-refractivity contribution in [3.8, 4) is 0 Å². The molecule has 0 saturated heterocycles. The minimum absolute atomic E-state index is 0.109. The SMILES string of the molecule is CC(C)(O)C1CCC2(C)C(C1)C2(Cl)Cl. The van der Waals surface area contributed by atoms with Gasteiger partial charge in [-0.2, -0.15) is 0 Å². The van der Waals surface area contributed by atoms with E-state index in [9.17, 15) is 5.11 Å². The summed E-state index contributed by atoms with van der Waals surface area (Å²) < 4.78 is -0.535. The van der Waals surface area contributed by atoms with Crippen molar-refractivity contribution in [3.05, 3.63) is 0 Å². The van der Waals surface area contributed by atoms with E-state index in [1.165, 1.54) is 0 Å². The van der Waals surface area contributed by atoms with Crippen molar-refractivity contribution in [2.24, 2.45) is 17.3 Å². The normalized spacial score (nSPS) is 45.9. The van der Waals surface area contributed by atoms with Gasteiger partial charge >= 0.3 is 0 Å². The van der Waals surface area contributed by atoms with Gasteiger partial charge in [-0.3, -0.25) is 0 Å². The van der Waals surface area contributed by atoms with Crippen LogP contribution in [0.25, 0.3) is 0 Å². The van der Waals surface area contributed by atoms with Crippen LogP contribution in [-0.4, -0.2) is 15.0 Å². The predicted octanol–water partition coefficient (Wildman–Crippen LogP) is 3.37. The van der Waals surface area contributed by atoms with E-state index < -0.39 is 9.93 Å². The summed E-state index contributed by atoms with van der Waals surface area (Å²) in [5.41, 5.74) is -0.481. The smallest absolute Gasteiger partial charge is 0.127 e. The monoisotopic (exact) mass is 236 g/mol. The summed E-state index contributed by atoms with van der Waals surface area (Å²) in [5.74, 6) is 0.725. The van der Waals surface area contributed by atoms with E-state index in [2.05, 4.69) is 6.92 Å². The van der Waals surface area contributed by atoms with Gasteiger partial charge in [-0.05, 0) is 39.0 Å². The lowest BCUT2D eigenvalue weighted by atomic mass is 9.75. The molecule has 2 fully saturated rings. The molecule has 0 bridgehead atoms. The molecule has 1 N–H and O–H groups in total. The molecule has 2 rings (SSSR count). The molecule has 3 unspecified atom stereocenters. The van der Waals surface area contributed by atoms with Gasteiger partial charge in [0.1, 0.15) is 4.33 Å². The van der Waals surface area contributed by atoms with Crippen LogP contribution in [0.4, 0.5) is 0 Å². The molecule has 0 aromatic rings. The summed E-state index contributed by atoms with van der Waals surface area (Å²) in [5, 5.41) is 9.95. The molecular weight excluding hydrogens is 219 g/mol. The first kappa shape index (κ1) is 11.0. The summed E-state index contributed by atoms with van der Waals surface area (Å²) in [6.07, 6.45) is 3.05. The van der Waals surface area contributed by atoms with E-state index in [1.54, 1.807) is 0 Å². The van der Waals surface area contributed by atoms with Gasteiger partial charge in [0.15, 0.2) is 0 Å². The molecule has 0 aromatic heterocycles. The minimum atomic E-state index is -0.590. The van der Waals surface area contributed by atoms with Crippen LogP contribution in [0.1, 0.15) is 40.0 Å². The number of halogens is 2. The summed E-state index contributed by atoms with van der Waals surface area (Å²) >= 11 is 12.5. The molecular formula is C11H18Cl2O. The first-order chi connectivity index (χ1) is 6.19. The van der Waals surface area contributed by atoms with Gasteiger partial charge in [0.25, 0.3) is 0 Å². The third-order valence-electron chi connectivity index (χ3n) is 4.42. The summed E-state index contributed by atoms with van der Waals surface area (Å²) in [6.45, 7) is 5.93. The third-order valence-corrected chi connectivity index (χ3v) is 5.81. The molecule has 0 aliphatic heterocycles. The average molecular weight is 237 g/mol. The van der Waals surface area contributed by atoms with E-state index in [0.717, 1.165) is 19.3 Å². The number of rotatable bonds is 1. The summed E-state index contributed by atoms with van der Waals surface area (Å²) in [7, 11) is 0. The lowest BCUT2D eigenvalue weighted by Gasteiger charge is -2.33. The second kappa shape index (κ2) is 2.81. The molecule has 2 saturated carbocycles. The maximum absolute atomic E-state index is 9.95. The van der Waals surface area contributed by atoms with E-state index in [4.69, 9.17) is 23.2 Å². The Morgan fingerprint density at radius 2 is 1.93 bits per heavy atom. The standard InChI is InChI=1S/C11H18Cl2O/c1-9(2,14)7-4-5-10(3)8(6-7)11(10,12)13/h7-8,14H,4-6H2,1-3H3. The van der Waals surface area contributed by atoms with Crippen LogP contribution in [0.3, 0.4) is 0 Å². The molecule has 3 atom stereocenters. The van der Waals surface area contributed by atoms with E-state index in [0.29, 0.717) is 11.8 Å². The first-order valence-corrected chi connectivity index (χ1v) is 6.05. The Morgan fingerprint density at radius 1 is 1.36 bits per heavy atom. The Balaban J connectivity index is 2.09. The maximum Gasteiger partial charge on any atom is 0.127 e. The number of aliphatic hydroxyl groups is 1. The molecule has 1 nitrogen and oxygen atoms in total. The highest BCUT2D eigenvalue weighted by molar-refractivity contribution is 6.51. The van der Waals surface area contributed by atoms with Crippen molar-refractivity contribution in [2.45, 2.75) is 50.0 Å². The first-order valence-electron chi connectivity index (χ1n) is 5.30. The van der Waals surface area contributed by atoms with Crippen LogP contribution >= 0.6 is 23.2 Å². The molecule has 82 valence electrons. The van der Waals surface area contributed by atoms with Crippen molar-refractivity contribution in [1.82, 2.24) is 0 Å². The fourth-order valence-electron chi connectivity index (χ4n) is 2.94. The van der Waals surface area contributed by atoms with Gasteiger partial charge < -0.3 is 5.11 Å². The van der Waals surface area contributed by atoms with Gasteiger partial charge in [-0.15, -0.1) is 23.2 Å². The van der Waals surface area contributed by atoms with Crippen molar-refractivity contribution >= 4 is 23.2 Å². The number of hydrogen-bond acceptors (Lipinski definition) is 1. The third kappa shape index (κ3) is 1.32. The number of hydrogen-bond donors (Lipinski definition) is 1. The van der Waals surface area contributed by atoms with Crippen LogP contribution < -0.4 is 0 Å². The number of alkyl halides is 2. The van der Waals surface area contributed by atoms with Crippen LogP contribution in [-0.2, 0) is 0 Å². The second-order valence-corrected chi connectivity index (χ2v) is 7.10. The largest absolute Gasteiger partial charge is 0.390 e. The quantitative estimate of drug-likeness (QED) is 0.693. The topological polar surface area (TPSA) is 20.2 Å². The highest BCUT2D eigenvalue weighted by atomic mass is 35.5. The molecule has 2 aliphatic rings. The van der Waals surface area contributed by atoms with Crippen molar-refractivity contribution in [2.75, 3.05) is 0 Å².